The van der Waals surface area contributed by atoms with Crippen molar-refractivity contribution in [1.82, 2.24) is 20.2 Å². The third-order valence-corrected chi connectivity index (χ3v) is 6.48. The fourth-order valence-electron chi connectivity index (χ4n) is 4.65. The number of allylic oxidation sites excluding steroid dienone is 2. The van der Waals surface area contributed by atoms with E-state index in [2.05, 4.69) is 25.3 Å². The summed E-state index contributed by atoms with van der Waals surface area (Å²) in [5, 5.41) is 11.2. The highest BCUT2D eigenvalue weighted by Crippen LogP contribution is 2.38. The summed E-state index contributed by atoms with van der Waals surface area (Å²) in [6, 6.07) is 4.03. The molecule has 0 spiro atoms. The van der Waals surface area contributed by atoms with Gasteiger partial charge in [-0.05, 0) is 62.2 Å². The molecular weight excluding hydrogens is 377 g/mol. The first-order valence-corrected chi connectivity index (χ1v) is 10.3. The van der Waals surface area contributed by atoms with Crippen molar-refractivity contribution in [1.29, 1.82) is 0 Å². The predicted octanol–water partition coefficient (Wildman–Crippen LogP) is 4.38. The minimum absolute atomic E-state index is 0.245. The Morgan fingerprint density at radius 2 is 2.04 bits per heavy atom. The Hall–Kier alpha value is -2.34. The monoisotopic (exact) mass is 399 g/mol. The molecule has 3 heterocycles. The molecule has 5 nitrogen and oxygen atoms in total. The maximum atomic E-state index is 14.0. The van der Waals surface area contributed by atoms with Crippen LogP contribution in [0.2, 0.25) is 0 Å². The van der Waals surface area contributed by atoms with Crippen LogP contribution in [0.15, 0.2) is 57.8 Å². The number of nitrogens with one attached hydrogen (secondary N) is 1. The predicted molar refractivity (Wildman–Crippen MR) is 108 cm³/mol. The summed E-state index contributed by atoms with van der Waals surface area (Å²) < 4.78 is 14.0. The minimum Gasteiger partial charge on any atom is -0.358 e. The minimum atomic E-state index is -0.324. The molecule has 0 saturated heterocycles. The Kier molecular flexibility index (Phi) is 4.59. The summed E-state index contributed by atoms with van der Waals surface area (Å²) in [6.07, 6.45) is 13.3. The smallest absolute Gasteiger partial charge is 0.216 e. The Morgan fingerprint density at radius 1 is 1.18 bits per heavy atom. The molecule has 0 amide bonds. The molecule has 4 aliphatic rings. The van der Waals surface area contributed by atoms with E-state index in [9.17, 15) is 4.39 Å². The average Bonchev–Trinajstić information content (AvgIpc) is 3.02. The number of rotatable bonds is 2. The SMILES string of the molecule is Fc1ncccc1C1CCC(N2N=CN3CC4=C(C=C(Cl)CC4)NC=C32)CC1. The molecule has 1 aromatic rings. The Bertz CT molecular complexity index is 898. The molecule has 28 heavy (non-hydrogen) atoms. The number of hydrogen-bond acceptors (Lipinski definition) is 5. The highest BCUT2D eigenvalue weighted by molar-refractivity contribution is 6.29. The van der Waals surface area contributed by atoms with Gasteiger partial charge < -0.3 is 10.2 Å². The van der Waals surface area contributed by atoms with E-state index in [0.717, 1.165) is 67.2 Å². The van der Waals surface area contributed by atoms with Gasteiger partial charge in [0.1, 0.15) is 12.2 Å². The second-order valence-corrected chi connectivity index (χ2v) is 8.33. The number of nitrogens with zero attached hydrogens (tertiary/aromatic N) is 4. The highest BCUT2D eigenvalue weighted by Gasteiger charge is 2.34. The first-order valence-electron chi connectivity index (χ1n) is 9.94. The lowest BCUT2D eigenvalue weighted by Crippen LogP contribution is -2.35. The van der Waals surface area contributed by atoms with Crippen LogP contribution < -0.4 is 5.32 Å². The van der Waals surface area contributed by atoms with Crippen LogP contribution in [0.25, 0.3) is 0 Å². The van der Waals surface area contributed by atoms with Gasteiger partial charge in [0.2, 0.25) is 5.95 Å². The molecule has 0 aromatic carbocycles. The van der Waals surface area contributed by atoms with Crippen molar-refractivity contribution >= 4 is 17.9 Å². The van der Waals surface area contributed by atoms with Crippen LogP contribution in [0.5, 0.6) is 0 Å². The van der Waals surface area contributed by atoms with Crippen molar-refractivity contribution in [2.75, 3.05) is 6.54 Å². The highest BCUT2D eigenvalue weighted by atomic mass is 35.5. The van der Waals surface area contributed by atoms with E-state index in [1.165, 1.54) is 11.8 Å². The van der Waals surface area contributed by atoms with Crippen molar-refractivity contribution in [3.05, 3.63) is 64.2 Å². The summed E-state index contributed by atoms with van der Waals surface area (Å²) in [5.74, 6) is 1.00. The molecule has 1 aromatic heterocycles. The van der Waals surface area contributed by atoms with Gasteiger partial charge in [-0.2, -0.15) is 9.49 Å². The lowest BCUT2D eigenvalue weighted by atomic mass is 9.82. The molecule has 0 bridgehead atoms. The van der Waals surface area contributed by atoms with E-state index in [1.807, 2.05) is 30.7 Å². The molecule has 1 saturated carbocycles. The first kappa shape index (κ1) is 17.7. The molecule has 1 fully saturated rings. The van der Waals surface area contributed by atoms with Gasteiger partial charge in [0, 0.05) is 35.2 Å². The first-order chi connectivity index (χ1) is 13.7. The molecule has 2 aliphatic heterocycles. The van der Waals surface area contributed by atoms with E-state index in [0.29, 0.717) is 6.04 Å². The van der Waals surface area contributed by atoms with Gasteiger partial charge in [0.25, 0.3) is 0 Å². The van der Waals surface area contributed by atoms with Gasteiger partial charge >= 0.3 is 0 Å². The molecule has 7 heteroatoms. The maximum Gasteiger partial charge on any atom is 0.216 e. The third-order valence-electron chi connectivity index (χ3n) is 6.18. The van der Waals surface area contributed by atoms with Gasteiger partial charge in [-0.1, -0.05) is 17.7 Å². The molecule has 2 aliphatic carbocycles. The van der Waals surface area contributed by atoms with Crippen LogP contribution in [-0.4, -0.2) is 33.8 Å². The largest absolute Gasteiger partial charge is 0.358 e. The van der Waals surface area contributed by atoms with Crippen LogP contribution >= 0.6 is 11.6 Å². The third kappa shape index (κ3) is 3.20. The zero-order valence-electron chi connectivity index (χ0n) is 15.6. The molecule has 0 atom stereocenters. The zero-order valence-corrected chi connectivity index (χ0v) is 16.4. The second kappa shape index (κ2) is 7.24. The second-order valence-electron chi connectivity index (χ2n) is 7.85. The van der Waals surface area contributed by atoms with Crippen LogP contribution in [-0.2, 0) is 0 Å². The van der Waals surface area contributed by atoms with Crippen LogP contribution in [0, 0.1) is 5.95 Å². The molecule has 5 rings (SSSR count). The Morgan fingerprint density at radius 3 is 2.86 bits per heavy atom. The molecule has 1 N–H and O–H groups in total. The molecular formula is C21H23ClFN5. The number of aromatic nitrogens is 1. The zero-order chi connectivity index (χ0) is 19.1. The van der Waals surface area contributed by atoms with Crippen molar-refractivity contribution in [2.24, 2.45) is 5.10 Å². The number of pyridine rings is 1. The van der Waals surface area contributed by atoms with Gasteiger partial charge in [-0.25, -0.2) is 9.99 Å². The standard InChI is InChI=1S/C21H23ClFN5/c22-16-6-3-15-12-27-13-26-28(20(27)11-25-19(15)10-16)17-7-4-14(5-8-17)18-2-1-9-24-21(18)23/h1-2,9-11,13-14,17,25H,3-8,12H2. The topological polar surface area (TPSA) is 43.8 Å². The average molecular weight is 400 g/mol. The fraction of sp³-hybridized carbons (Fsp3) is 0.429. The van der Waals surface area contributed by atoms with Crippen molar-refractivity contribution < 1.29 is 4.39 Å². The lowest BCUT2D eigenvalue weighted by Gasteiger charge is -2.34. The van der Waals surface area contributed by atoms with Gasteiger partial charge in [-0.3, -0.25) is 0 Å². The van der Waals surface area contributed by atoms with Crippen LogP contribution in [0.3, 0.4) is 0 Å². The van der Waals surface area contributed by atoms with E-state index >= 15 is 0 Å². The Balaban J connectivity index is 1.28. The van der Waals surface area contributed by atoms with Gasteiger partial charge in [0.05, 0.1) is 6.04 Å². The number of hydrazone groups is 1. The van der Waals surface area contributed by atoms with Crippen LogP contribution in [0.4, 0.5) is 4.39 Å². The Labute approximate surface area is 169 Å². The summed E-state index contributed by atoms with van der Waals surface area (Å²) in [4.78, 5) is 6.02. The maximum absolute atomic E-state index is 14.0. The molecule has 0 radical (unpaired) electrons. The fourth-order valence-corrected chi connectivity index (χ4v) is 4.85. The van der Waals surface area contributed by atoms with Crippen molar-refractivity contribution in [3.63, 3.8) is 0 Å². The summed E-state index contributed by atoms with van der Waals surface area (Å²) in [7, 11) is 0. The quantitative estimate of drug-likeness (QED) is 0.749. The summed E-state index contributed by atoms with van der Waals surface area (Å²) in [5.41, 5.74) is 3.23. The van der Waals surface area contributed by atoms with E-state index in [4.69, 9.17) is 11.6 Å². The van der Waals surface area contributed by atoms with E-state index < -0.39 is 0 Å². The lowest BCUT2D eigenvalue weighted by molar-refractivity contribution is 0.182. The van der Waals surface area contributed by atoms with Crippen LogP contribution in [0.1, 0.15) is 50.0 Å². The van der Waals surface area contributed by atoms with E-state index in [1.54, 1.807) is 0 Å². The summed E-state index contributed by atoms with van der Waals surface area (Å²) >= 11 is 6.22. The van der Waals surface area contributed by atoms with E-state index in [-0.39, 0.29) is 11.9 Å². The normalized spacial score (nSPS) is 26.9. The number of hydrogen-bond donors (Lipinski definition) is 1. The van der Waals surface area contributed by atoms with Crippen molar-refractivity contribution in [3.8, 4) is 0 Å². The van der Waals surface area contributed by atoms with Gasteiger partial charge in [0.15, 0.2) is 0 Å². The molecule has 0 unspecified atom stereocenters. The number of fused-ring (bicyclic) bond motifs is 1. The number of halogens is 2. The molecule has 146 valence electrons. The van der Waals surface area contributed by atoms with Crippen molar-refractivity contribution in [2.45, 2.75) is 50.5 Å². The summed E-state index contributed by atoms with van der Waals surface area (Å²) in [6.45, 7) is 0.838. The van der Waals surface area contributed by atoms with Gasteiger partial charge in [-0.15, -0.1) is 0 Å².